The average molecular weight is 382 g/mol. The predicted octanol–water partition coefficient (Wildman–Crippen LogP) is 4.57. The van der Waals surface area contributed by atoms with E-state index in [1.165, 1.54) is 48.6 Å². The van der Waals surface area contributed by atoms with Crippen molar-refractivity contribution in [2.45, 2.75) is 20.1 Å². The van der Waals surface area contributed by atoms with E-state index in [1.807, 2.05) is 0 Å². The van der Waals surface area contributed by atoms with E-state index < -0.39 is 12.5 Å². The van der Waals surface area contributed by atoms with Gasteiger partial charge < -0.3 is 14.8 Å². The molecule has 1 heterocycles. The Morgan fingerprint density at radius 3 is 2.81 bits per heavy atom. The summed E-state index contributed by atoms with van der Waals surface area (Å²) in [6.45, 7) is -1.71. The number of nitrogens with zero attached hydrogens (tertiary/aromatic N) is 1. The van der Waals surface area contributed by atoms with Crippen molar-refractivity contribution >= 4 is 33.1 Å². The molecule has 0 bridgehead atoms. The number of hydrogen-bond donors (Lipinski definition) is 1. The highest BCUT2D eigenvalue weighted by atomic mass is 32.1. The lowest BCUT2D eigenvalue weighted by molar-refractivity contribution is -0.114. The van der Waals surface area contributed by atoms with Crippen molar-refractivity contribution in [3.63, 3.8) is 0 Å². The third-order valence-corrected chi connectivity index (χ3v) is 4.25. The third-order valence-electron chi connectivity index (χ3n) is 3.24. The van der Waals surface area contributed by atoms with Crippen molar-refractivity contribution in [3.8, 4) is 11.5 Å². The van der Waals surface area contributed by atoms with Crippen LogP contribution in [0.5, 0.6) is 11.5 Å². The lowest BCUT2D eigenvalue weighted by Crippen LogP contribution is -2.10. The fourth-order valence-electron chi connectivity index (χ4n) is 2.23. The molecule has 0 unspecified atom stereocenters. The average Bonchev–Trinajstić information content (AvgIpc) is 2.96. The molecule has 26 heavy (non-hydrogen) atoms. The van der Waals surface area contributed by atoms with Crippen LogP contribution in [0.3, 0.4) is 0 Å². The van der Waals surface area contributed by atoms with Gasteiger partial charge in [-0.2, -0.15) is 8.78 Å². The first-order chi connectivity index (χ1) is 12.4. The summed E-state index contributed by atoms with van der Waals surface area (Å²) >= 11 is 1.34. The molecule has 0 saturated carbocycles. The Hall–Kier alpha value is -2.81. The van der Waals surface area contributed by atoms with Crippen LogP contribution in [0.25, 0.3) is 10.2 Å². The molecule has 136 valence electrons. The van der Waals surface area contributed by atoms with Crippen molar-refractivity contribution < 1.29 is 27.4 Å². The van der Waals surface area contributed by atoms with Gasteiger partial charge in [-0.3, -0.25) is 4.79 Å². The number of benzene rings is 2. The zero-order chi connectivity index (χ0) is 18.7. The van der Waals surface area contributed by atoms with Gasteiger partial charge in [-0.25, -0.2) is 9.37 Å². The molecule has 0 aliphatic rings. The molecule has 3 aromatic rings. The van der Waals surface area contributed by atoms with Crippen LogP contribution in [0, 0.1) is 5.82 Å². The number of rotatable bonds is 6. The maximum absolute atomic E-state index is 13.2. The van der Waals surface area contributed by atoms with Gasteiger partial charge in [0.25, 0.3) is 0 Å². The van der Waals surface area contributed by atoms with Crippen molar-refractivity contribution in [1.29, 1.82) is 0 Å². The lowest BCUT2D eigenvalue weighted by atomic mass is 10.2. The number of carbonyl (C=O) groups excluding carboxylic acids is 1. The Labute approximate surface area is 150 Å². The fourth-order valence-corrected chi connectivity index (χ4v) is 3.09. The molecule has 9 heteroatoms. The van der Waals surface area contributed by atoms with Crippen molar-refractivity contribution in [1.82, 2.24) is 4.98 Å². The molecule has 0 spiro atoms. The Morgan fingerprint density at radius 1 is 1.27 bits per heavy atom. The van der Waals surface area contributed by atoms with E-state index in [1.54, 1.807) is 6.07 Å². The van der Waals surface area contributed by atoms with E-state index in [4.69, 9.17) is 4.74 Å². The molecule has 0 aliphatic carbocycles. The number of anilines is 1. The van der Waals surface area contributed by atoms with Gasteiger partial charge in [0.2, 0.25) is 5.91 Å². The highest BCUT2D eigenvalue weighted by Gasteiger charge is 2.13. The standard InChI is InChI=1S/C17H13F3N2O3S/c1-9(23)21-12-4-3-11(7-14(12)25-17(19)20)24-8-16-22-13-6-10(18)2-5-15(13)26-16/h2-7,17H,8H2,1H3,(H,21,23). The minimum absolute atomic E-state index is 0.0779. The SMILES string of the molecule is CC(=O)Nc1ccc(OCc2nc3cc(F)ccc3s2)cc1OC(F)F. The molecule has 0 aliphatic heterocycles. The summed E-state index contributed by atoms with van der Waals surface area (Å²) < 4.78 is 49.1. The Kier molecular flexibility index (Phi) is 5.27. The van der Waals surface area contributed by atoms with Gasteiger partial charge in [0.1, 0.15) is 23.2 Å². The fraction of sp³-hybridized carbons (Fsp3) is 0.176. The van der Waals surface area contributed by atoms with Crippen LogP contribution in [0.15, 0.2) is 36.4 Å². The smallest absolute Gasteiger partial charge is 0.387 e. The second-order valence-electron chi connectivity index (χ2n) is 5.23. The number of ether oxygens (including phenoxy) is 2. The molecule has 2 aromatic carbocycles. The number of fused-ring (bicyclic) bond motifs is 1. The summed E-state index contributed by atoms with van der Waals surface area (Å²) in [5, 5.41) is 3.01. The first-order valence-corrected chi connectivity index (χ1v) is 8.26. The molecule has 1 N–H and O–H groups in total. The number of alkyl halides is 2. The summed E-state index contributed by atoms with van der Waals surface area (Å²) in [5.41, 5.74) is 0.636. The highest BCUT2D eigenvalue weighted by Crippen LogP contribution is 2.32. The highest BCUT2D eigenvalue weighted by molar-refractivity contribution is 7.18. The number of thiazole rings is 1. The topological polar surface area (TPSA) is 60.5 Å². The van der Waals surface area contributed by atoms with Crippen LogP contribution < -0.4 is 14.8 Å². The van der Waals surface area contributed by atoms with Crippen molar-refractivity contribution in [2.24, 2.45) is 0 Å². The number of aromatic nitrogens is 1. The van der Waals surface area contributed by atoms with E-state index in [0.717, 1.165) is 4.70 Å². The van der Waals surface area contributed by atoms with Gasteiger partial charge >= 0.3 is 6.61 Å². The molecule has 5 nitrogen and oxygen atoms in total. The first kappa shape index (κ1) is 18.0. The van der Waals surface area contributed by atoms with Gasteiger partial charge in [-0.1, -0.05) is 0 Å². The van der Waals surface area contributed by atoms with Crippen LogP contribution in [0.2, 0.25) is 0 Å². The predicted molar refractivity (Wildman–Crippen MR) is 91.3 cm³/mol. The second-order valence-corrected chi connectivity index (χ2v) is 6.34. The van der Waals surface area contributed by atoms with Gasteiger partial charge in [0.05, 0.1) is 15.9 Å². The van der Waals surface area contributed by atoms with Gasteiger partial charge in [-0.05, 0) is 24.3 Å². The van der Waals surface area contributed by atoms with E-state index in [-0.39, 0.29) is 29.6 Å². The summed E-state index contributed by atoms with van der Waals surface area (Å²) in [4.78, 5) is 15.4. The quantitative estimate of drug-likeness (QED) is 0.678. The molecular weight excluding hydrogens is 369 g/mol. The Bertz CT molecular complexity index is 946. The number of amides is 1. The zero-order valence-electron chi connectivity index (χ0n) is 13.5. The molecule has 1 amide bonds. The molecular formula is C17H13F3N2O3S. The van der Waals surface area contributed by atoms with E-state index in [0.29, 0.717) is 10.5 Å². The van der Waals surface area contributed by atoms with E-state index in [2.05, 4.69) is 15.0 Å². The molecule has 3 rings (SSSR count). The zero-order valence-corrected chi connectivity index (χ0v) is 14.3. The summed E-state index contributed by atoms with van der Waals surface area (Å²) in [6, 6.07) is 8.47. The minimum atomic E-state index is -3.04. The van der Waals surface area contributed by atoms with Crippen molar-refractivity contribution in [2.75, 3.05) is 5.32 Å². The number of hydrogen-bond acceptors (Lipinski definition) is 5. The largest absolute Gasteiger partial charge is 0.486 e. The monoisotopic (exact) mass is 382 g/mol. The van der Waals surface area contributed by atoms with Crippen LogP contribution in [-0.4, -0.2) is 17.5 Å². The molecule has 0 radical (unpaired) electrons. The van der Waals surface area contributed by atoms with Crippen LogP contribution in [0.4, 0.5) is 18.9 Å². The Balaban J connectivity index is 1.76. The molecule has 0 saturated heterocycles. The summed E-state index contributed by atoms with van der Waals surface area (Å²) in [7, 11) is 0. The second kappa shape index (κ2) is 7.61. The van der Waals surface area contributed by atoms with Crippen LogP contribution in [0.1, 0.15) is 11.9 Å². The number of nitrogens with one attached hydrogen (secondary N) is 1. The molecule has 0 atom stereocenters. The van der Waals surface area contributed by atoms with Gasteiger partial charge in [0.15, 0.2) is 5.75 Å². The van der Waals surface area contributed by atoms with E-state index in [9.17, 15) is 18.0 Å². The molecule has 1 aromatic heterocycles. The van der Waals surface area contributed by atoms with Gasteiger partial charge in [-0.15, -0.1) is 11.3 Å². The lowest BCUT2D eigenvalue weighted by Gasteiger charge is -2.13. The molecule has 0 fully saturated rings. The minimum Gasteiger partial charge on any atom is -0.486 e. The number of halogens is 3. The van der Waals surface area contributed by atoms with Crippen LogP contribution in [-0.2, 0) is 11.4 Å². The summed E-state index contributed by atoms with van der Waals surface area (Å²) in [5.74, 6) is -0.739. The Morgan fingerprint density at radius 2 is 2.08 bits per heavy atom. The van der Waals surface area contributed by atoms with Crippen LogP contribution >= 0.6 is 11.3 Å². The maximum Gasteiger partial charge on any atom is 0.387 e. The first-order valence-electron chi connectivity index (χ1n) is 7.45. The van der Waals surface area contributed by atoms with Crippen molar-refractivity contribution in [3.05, 3.63) is 47.2 Å². The maximum atomic E-state index is 13.2. The van der Waals surface area contributed by atoms with Gasteiger partial charge in [0, 0.05) is 19.1 Å². The normalized spacial score (nSPS) is 11.0. The number of carbonyl (C=O) groups is 1. The third kappa shape index (κ3) is 4.42. The summed E-state index contributed by atoms with van der Waals surface area (Å²) in [6.07, 6.45) is 0. The van der Waals surface area contributed by atoms with E-state index >= 15 is 0 Å².